The van der Waals surface area contributed by atoms with E-state index in [1.807, 2.05) is 0 Å². The van der Waals surface area contributed by atoms with Gasteiger partial charge in [0.2, 0.25) is 0 Å². The molecule has 0 aliphatic carbocycles. The first-order chi connectivity index (χ1) is 7.71. The number of nitrogens with zero attached hydrogens (tertiary/aromatic N) is 1. The fraction of sp³-hybridized carbons (Fsp3) is 0.400. The average molecular weight is 254 g/mol. The molecule has 1 aromatic carbocycles. The van der Waals surface area contributed by atoms with Gasteiger partial charge >= 0.3 is 6.18 Å². The van der Waals surface area contributed by atoms with Crippen LogP contribution in [0.4, 0.5) is 33.3 Å². The minimum absolute atomic E-state index is 0.0480. The topological polar surface area (TPSA) is 29.3 Å². The van der Waals surface area contributed by atoms with Crippen molar-refractivity contribution in [1.29, 1.82) is 0 Å². The van der Waals surface area contributed by atoms with Gasteiger partial charge in [-0.25, -0.2) is 8.78 Å². The standard InChI is InChI=1S/C10H11F5N2/c1-17(5-9(11)12)6-2-3-8(16)7(4-6)10(13,14)15/h2-4,9H,5,16H2,1H3. The number of anilines is 2. The summed E-state index contributed by atoms with van der Waals surface area (Å²) in [6.07, 6.45) is -7.21. The van der Waals surface area contributed by atoms with Gasteiger partial charge in [-0.05, 0) is 18.2 Å². The van der Waals surface area contributed by atoms with Crippen LogP contribution in [-0.2, 0) is 6.18 Å². The normalized spacial score (nSPS) is 11.9. The number of benzene rings is 1. The van der Waals surface area contributed by atoms with Crippen LogP contribution in [0.25, 0.3) is 0 Å². The maximum atomic E-state index is 12.5. The van der Waals surface area contributed by atoms with Crippen molar-refractivity contribution in [3.63, 3.8) is 0 Å². The van der Waals surface area contributed by atoms with Crippen molar-refractivity contribution in [2.24, 2.45) is 0 Å². The van der Waals surface area contributed by atoms with Crippen molar-refractivity contribution in [2.75, 3.05) is 24.2 Å². The monoisotopic (exact) mass is 254 g/mol. The van der Waals surface area contributed by atoms with Crippen molar-refractivity contribution in [1.82, 2.24) is 0 Å². The van der Waals surface area contributed by atoms with Crippen LogP contribution >= 0.6 is 0 Å². The smallest absolute Gasteiger partial charge is 0.398 e. The minimum atomic E-state index is -4.59. The molecule has 0 aliphatic rings. The Bertz CT molecular complexity index is 389. The first-order valence-electron chi connectivity index (χ1n) is 4.68. The van der Waals surface area contributed by atoms with E-state index in [9.17, 15) is 22.0 Å². The third-order valence-electron chi connectivity index (χ3n) is 2.19. The van der Waals surface area contributed by atoms with Gasteiger partial charge in [0.15, 0.2) is 0 Å². The van der Waals surface area contributed by atoms with Gasteiger partial charge in [-0.2, -0.15) is 13.2 Å². The van der Waals surface area contributed by atoms with Crippen LogP contribution in [0.15, 0.2) is 18.2 Å². The highest BCUT2D eigenvalue weighted by molar-refractivity contribution is 5.59. The van der Waals surface area contributed by atoms with Crippen molar-refractivity contribution in [3.8, 4) is 0 Å². The van der Waals surface area contributed by atoms with Gasteiger partial charge in [0.05, 0.1) is 12.1 Å². The summed E-state index contributed by atoms with van der Waals surface area (Å²) in [5.41, 5.74) is 3.80. The number of halogens is 5. The summed E-state index contributed by atoms with van der Waals surface area (Å²) in [7, 11) is 1.29. The van der Waals surface area contributed by atoms with Gasteiger partial charge < -0.3 is 10.6 Å². The molecule has 0 radical (unpaired) electrons. The molecule has 0 heterocycles. The third-order valence-corrected chi connectivity index (χ3v) is 2.19. The predicted octanol–water partition coefficient (Wildman–Crippen LogP) is 2.99. The summed E-state index contributed by atoms with van der Waals surface area (Å²) in [4.78, 5) is 1.04. The Morgan fingerprint density at radius 3 is 2.35 bits per heavy atom. The van der Waals surface area contributed by atoms with E-state index in [2.05, 4.69) is 0 Å². The Hall–Kier alpha value is -1.53. The second-order valence-electron chi connectivity index (χ2n) is 3.54. The molecule has 17 heavy (non-hydrogen) atoms. The van der Waals surface area contributed by atoms with Crippen LogP contribution in [0.2, 0.25) is 0 Å². The number of hydrogen-bond donors (Lipinski definition) is 1. The summed E-state index contributed by atoms with van der Waals surface area (Å²) in [5.74, 6) is 0. The molecule has 0 aliphatic heterocycles. The average Bonchev–Trinajstić information content (AvgIpc) is 2.15. The van der Waals surface area contributed by atoms with E-state index in [-0.39, 0.29) is 5.69 Å². The molecule has 0 unspecified atom stereocenters. The Labute approximate surface area is 94.8 Å². The van der Waals surface area contributed by atoms with Crippen LogP contribution in [0.1, 0.15) is 5.56 Å². The zero-order chi connectivity index (χ0) is 13.2. The van der Waals surface area contributed by atoms with Crippen LogP contribution < -0.4 is 10.6 Å². The molecule has 7 heteroatoms. The van der Waals surface area contributed by atoms with Crippen LogP contribution in [0.3, 0.4) is 0 Å². The maximum Gasteiger partial charge on any atom is 0.418 e. The van der Waals surface area contributed by atoms with Crippen LogP contribution in [0, 0.1) is 0 Å². The molecule has 0 saturated heterocycles. The highest BCUT2D eigenvalue weighted by Crippen LogP contribution is 2.35. The minimum Gasteiger partial charge on any atom is -0.398 e. The molecule has 0 atom stereocenters. The number of rotatable bonds is 3. The summed E-state index contributed by atoms with van der Waals surface area (Å²) in [6.45, 7) is -0.638. The largest absolute Gasteiger partial charge is 0.418 e. The lowest BCUT2D eigenvalue weighted by molar-refractivity contribution is -0.136. The highest BCUT2D eigenvalue weighted by Gasteiger charge is 2.33. The molecule has 0 amide bonds. The second kappa shape index (κ2) is 4.77. The molecule has 0 bridgehead atoms. The van der Waals surface area contributed by atoms with Gasteiger partial charge in [0.25, 0.3) is 6.43 Å². The lowest BCUT2D eigenvalue weighted by atomic mass is 10.1. The lowest BCUT2D eigenvalue weighted by Crippen LogP contribution is -2.24. The van der Waals surface area contributed by atoms with Gasteiger partial charge in [-0.15, -0.1) is 0 Å². The zero-order valence-corrected chi connectivity index (χ0v) is 8.93. The van der Waals surface area contributed by atoms with Crippen molar-refractivity contribution in [2.45, 2.75) is 12.6 Å². The molecule has 0 aromatic heterocycles. The Morgan fingerprint density at radius 2 is 1.88 bits per heavy atom. The van der Waals surface area contributed by atoms with Gasteiger partial charge in [-0.3, -0.25) is 0 Å². The van der Waals surface area contributed by atoms with Crippen molar-refractivity contribution in [3.05, 3.63) is 23.8 Å². The van der Waals surface area contributed by atoms with Crippen LogP contribution in [0.5, 0.6) is 0 Å². The molecular formula is C10H11F5N2. The van der Waals surface area contributed by atoms with E-state index in [4.69, 9.17) is 5.73 Å². The molecular weight excluding hydrogens is 243 g/mol. The van der Waals surface area contributed by atoms with E-state index >= 15 is 0 Å². The number of nitrogen functional groups attached to an aromatic ring is 1. The molecule has 0 saturated carbocycles. The molecule has 2 nitrogen and oxygen atoms in total. The Kier molecular flexibility index (Phi) is 3.79. The molecule has 96 valence electrons. The van der Waals surface area contributed by atoms with Crippen LogP contribution in [-0.4, -0.2) is 20.0 Å². The van der Waals surface area contributed by atoms with E-state index in [0.29, 0.717) is 0 Å². The van der Waals surface area contributed by atoms with Gasteiger partial charge in [0, 0.05) is 18.4 Å². The fourth-order valence-corrected chi connectivity index (χ4v) is 1.34. The fourth-order valence-electron chi connectivity index (χ4n) is 1.34. The van der Waals surface area contributed by atoms with Gasteiger partial charge in [0.1, 0.15) is 0 Å². The quantitative estimate of drug-likeness (QED) is 0.663. The summed E-state index contributed by atoms with van der Waals surface area (Å²) >= 11 is 0. The Balaban J connectivity index is 3.04. The predicted molar refractivity (Wildman–Crippen MR) is 55.1 cm³/mol. The second-order valence-corrected chi connectivity index (χ2v) is 3.54. The third kappa shape index (κ3) is 3.47. The first kappa shape index (κ1) is 13.5. The highest BCUT2D eigenvalue weighted by atomic mass is 19.4. The van der Waals surface area contributed by atoms with E-state index < -0.39 is 30.4 Å². The molecule has 1 rings (SSSR count). The number of alkyl halides is 5. The van der Waals surface area contributed by atoms with Gasteiger partial charge in [-0.1, -0.05) is 0 Å². The molecule has 1 aromatic rings. The molecule has 0 fully saturated rings. The van der Waals surface area contributed by atoms with Crippen molar-refractivity contribution >= 4 is 11.4 Å². The van der Waals surface area contributed by atoms with E-state index in [1.165, 1.54) is 13.1 Å². The zero-order valence-electron chi connectivity index (χ0n) is 8.93. The SMILES string of the molecule is CN(CC(F)F)c1ccc(N)c(C(F)(F)F)c1. The summed E-state index contributed by atoms with van der Waals surface area (Å²) < 4.78 is 61.7. The Morgan fingerprint density at radius 1 is 1.29 bits per heavy atom. The number of nitrogens with two attached hydrogens (primary N) is 1. The molecule has 0 spiro atoms. The van der Waals surface area contributed by atoms with E-state index in [1.54, 1.807) is 0 Å². The summed E-state index contributed by atoms with van der Waals surface area (Å²) in [6, 6.07) is 3.09. The lowest BCUT2D eigenvalue weighted by Gasteiger charge is -2.20. The van der Waals surface area contributed by atoms with E-state index in [0.717, 1.165) is 17.0 Å². The van der Waals surface area contributed by atoms with Crippen molar-refractivity contribution < 1.29 is 22.0 Å². The molecule has 2 N–H and O–H groups in total. The maximum absolute atomic E-state index is 12.5. The first-order valence-corrected chi connectivity index (χ1v) is 4.68. The summed E-state index contributed by atoms with van der Waals surface area (Å²) in [5, 5.41) is 0. The number of hydrogen-bond acceptors (Lipinski definition) is 2.